The maximum absolute atomic E-state index is 12.1. The number of hydrogen-bond donors (Lipinski definition) is 1. The number of halogens is 1. The molecule has 1 fully saturated rings. The highest BCUT2D eigenvalue weighted by Crippen LogP contribution is 2.33. The average molecular weight is 444 g/mol. The van der Waals surface area contributed by atoms with Gasteiger partial charge in [0.1, 0.15) is 3.76 Å². The van der Waals surface area contributed by atoms with Crippen LogP contribution in [0.2, 0.25) is 0 Å². The minimum atomic E-state index is -3.17. The first-order chi connectivity index (χ1) is 11.1. The maximum atomic E-state index is 12.1. The van der Waals surface area contributed by atoms with E-state index in [1.54, 1.807) is 16.8 Å². The molecular formula is C13H13IN6O2S. The van der Waals surface area contributed by atoms with Crippen LogP contribution in [0.15, 0.2) is 18.6 Å². The molecule has 0 amide bonds. The van der Waals surface area contributed by atoms with Crippen molar-refractivity contribution < 1.29 is 8.42 Å². The van der Waals surface area contributed by atoms with Crippen molar-refractivity contribution in [3.05, 3.63) is 24.3 Å². The molecule has 23 heavy (non-hydrogen) atoms. The minimum absolute atomic E-state index is 0.0838. The van der Waals surface area contributed by atoms with Gasteiger partial charge in [-0.25, -0.2) is 22.7 Å². The SMILES string of the molecule is O=S(=O)(CI)N1CCC(c2[nH]cnc3nnc4nccc4c23)C1. The highest BCUT2D eigenvalue weighted by Gasteiger charge is 2.33. The summed E-state index contributed by atoms with van der Waals surface area (Å²) in [6.07, 6.45) is 4.05. The molecule has 8 nitrogen and oxygen atoms in total. The van der Waals surface area contributed by atoms with Gasteiger partial charge in [0.25, 0.3) is 0 Å². The molecular weight excluding hydrogens is 431 g/mol. The highest BCUT2D eigenvalue weighted by molar-refractivity contribution is 14.1. The molecule has 1 N–H and O–H groups in total. The second kappa shape index (κ2) is 5.60. The van der Waals surface area contributed by atoms with Crippen molar-refractivity contribution in [1.82, 2.24) is 29.5 Å². The van der Waals surface area contributed by atoms with Crippen LogP contribution in [-0.4, -0.2) is 54.7 Å². The van der Waals surface area contributed by atoms with E-state index < -0.39 is 10.0 Å². The van der Waals surface area contributed by atoms with Gasteiger partial charge in [-0.2, -0.15) is 0 Å². The summed E-state index contributed by atoms with van der Waals surface area (Å²) in [5.41, 5.74) is 2.08. The number of H-pyrrole nitrogens is 1. The van der Waals surface area contributed by atoms with Crippen LogP contribution in [0.25, 0.3) is 22.1 Å². The van der Waals surface area contributed by atoms with E-state index in [-0.39, 0.29) is 9.68 Å². The summed E-state index contributed by atoms with van der Waals surface area (Å²) in [4.78, 5) is 11.6. The third-order valence-corrected chi connectivity index (χ3v) is 7.93. The topological polar surface area (TPSA) is 105 Å². The molecule has 0 bridgehead atoms. The van der Waals surface area contributed by atoms with Crippen molar-refractivity contribution in [2.75, 3.05) is 16.8 Å². The Balaban J connectivity index is 1.82. The largest absolute Gasteiger partial charge is 0.349 e. The van der Waals surface area contributed by atoms with Gasteiger partial charge in [0.05, 0.1) is 11.7 Å². The van der Waals surface area contributed by atoms with Gasteiger partial charge in [-0.15, -0.1) is 10.2 Å². The molecule has 1 atom stereocenters. The van der Waals surface area contributed by atoms with Gasteiger partial charge in [-0.3, -0.25) is 0 Å². The van der Waals surface area contributed by atoms with E-state index >= 15 is 0 Å². The lowest BCUT2D eigenvalue weighted by atomic mass is 10.0. The predicted octanol–water partition coefficient (Wildman–Crippen LogP) is 1.41. The van der Waals surface area contributed by atoms with E-state index in [1.165, 1.54) is 0 Å². The molecule has 0 aromatic carbocycles. The number of aromatic amines is 1. The molecule has 3 aromatic rings. The van der Waals surface area contributed by atoms with Crippen LogP contribution in [0.1, 0.15) is 18.0 Å². The molecule has 120 valence electrons. The van der Waals surface area contributed by atoms with Crippen LogP contribution in [-0.2, 0) is 10.0 Å². The lowest BCUT2D eigenvalue weighted by Gasteiger charge is -2.16. The summed E-state index contributed by atoms with van der Waals surface area (Å²) in [6, 6.07) is 1.89. The van der Waals surface area contributed by atoms with Crippen LogP contribution in [0.5, 0.6) is 0 Å². The molecule has 0 radical (unpaired) electrons. The van der Waals surface area contributed by atoms with E-state index in [0.29, 0.717) is 24.4 Å². The number of nitrogens with zero attached hydrogens (tertiary/aromatic N) is 5. The smallest absolute Gasteiger partial charge is 0.223 e. The molecule has 4 rings (SSSR count). The fourth-order valence-corrected chi connectivity index (χ4v) is 5.18. The van der Waals surface area contributed by atoms with E-state index in [4.69, 9.17) is 0 Å². The van der Waals surface area contributed by atoms with Crippen LogP contribution in [0, 0.1) is 0 Å². The zero-order valence-electron chi connectivity index (χ0n) is 12.0. The molecule has 3 aromatic heterocycles. The second-order valence-corrected chi connectivity index (χ2v) is 9.23. The van der Waals surface area contributed by atoms with Crippen molar-refractivity contribution in [1.29, 1.82) is 0 Å². The van der Waals surface area contributed by atoms with Crippen LogP contribution in [0.3, 0.4) is 0 Å². The molecule has 1 saturated heterocycles. The summed E-state index contributed by atoms with van der Waals surface area (Å²) in [7, 11) is -3.17. The van der Waals surface area contributed by atoms with Crippen molar-refractivity contribution in [2.45, 2.75) is 12.3 Å². The Morgan fingerprint density at radius 2 is 2.13 bits per heavy atom. The Morgan fingerprint density at radius 3 is 2.96 bits per heavy atom. The predicted molar refractivity (Wildman–Crippen MR) is 93.7 cm³/mol. The van der Waals surface area contributed by atoms with Crippen molar-refractivity contribution >= 4 is 54.7 Å². The molecule has 0 saturated carbocycles. The monoisotopic (exact) mass is 444 g/mol. The lowest BCUT2D eigenvalue weighted by molar-refractivity contribution is 0.477. The third-order valence-electron chi connectivity index (χ3n) is 4.18. The first-order valence-electron chi connectivity index (χ1n) is 7.08. The van der Waals surface area contributed by atoms with E-state index in [2.05, 4.69) is 25.1 Å². The van der Waals surface area contributed by atoms with Crippen molar-refractivity contribution in [2.24, 2.45) is 0 Å². The van der Waals surface area contributed by atoms with Gasteiger partial charge < -0.3 is 4.98 Å². The summed E-state index contributed by atoms with van der Waals surface area (Å²) in [6.45, 7) is 1.01. The molecule has 10 heteroatoms. The summed E-state index contributed by atoms with van der Waals surface area (Å²) >= 11 is 1.89. The van der Waals surface area contributed by atoms with Crippen LogP contribution in [0.4, 0.5) is 0 Å². The Kier molecular flexibility index (Phi) is 3.69. The molecule has 0 aliphatic carbocycles. The van der Waals surface area contributed by atoms with Crippen molar-refractivity contribution in [3.8, 4) is 0 Å². The Bertz CT molecular complexity index is 988. The summed E-state index contributed by atoms with van der Waals surface area (Å²) in [5.74, 6) is 0.0838. The second-order valence-electron chi connectivity index (χ2n) is 5.46. The average Bonchev–Trinajstić information content (AvgIpc) is 3.23. The first kappa shape index (κ1) is 15.1. The quantitative estimate of drug-likeness (QED) is 0.484. The van der Waals surface area contributed by atoms with E-state index in [9.17, 15) is 8.42 Å². The normalized spacial score (nSPS) is 19.8. The summed E-state index contributed by atoms with van der Waals surface area (Å²) < 4.78 is 25.8. The van der Waals surface area contributed by atoms with Gasteiger partial charge in [-0.1, -0.05) is 22.6 Å². The van der Waals surface area contributed by atoms with Crippen LogP contribution < -0.4 is 0 Å². The fraction of sp³-hybridized carbons (Fsp3) is 0.385. The zero-order chi connectivity index (χ0) is 16.0. The number of alkyl halides is 1. The fourth-order valence-electron chi connectivity index (χ4n) is 3.06. The highest BCUT2D eigenvalue weighted by atomic mass is 127. The number of rotatable bonds is 3. The van der Waals surface area contributed by atoms with Crippen LogP contribution >= 0.6 is 22.6 Å². The number of sulfonamides is 1. The van der Waals surface area contributed by atoms with Gasteiger partial charge in [-0.05, 0) is 12.5 Å². The molecule has 4 heterocycles. The van der Waals surface area contributed by atoms with Gasteiger partial charge in [0.15, 0.2) is 11.3 Å². The molecule has 1 aliphatic rings. The van der Waals surface area contributed by atoms with E-state index in [1.807, 2.05) is 28.7 Å². The zero-order valence-corrected chi connectivity index (χ0v) is 15.0. The Labute approximate surface area is 145 Å². The molecule has 1 unspecified atom stereocenters. The summed E-state index contributed by atoms with van der Waals surface area (Å²) in [5, 5.41) is 9.96. The van der Waals surface area contributed by atoms with Crippen molar-refractivity contribution in [3.63, 3.8) is 0 Å². The Morgan fingerprint density at radius 1 is 1.30 bits per heavy atom. The standard InChI is InChI=1S/C13H13IN6O2S/c14-6-23(21,22)20-4-2-8(5-20)11-10-9-1-3-15-12(9)18-19-13(10)17-7-16-11/h1,3,7-8H,2,4-6H2,(H,16,17,19). The van der Waals surface area contributed by atoms with Gasteiger partial charge in [0.2, 0.25) is 10.0 Å². The molecule has 0 spiro atoms. The van der Waals surface area contributed by atoms with Gasteiger partial charge >= 0.3 is 0 Å². The maximum Gasteiger partial charge on any atom is 0.223 e. The number of nitrogens with one attached hydrogen (secondary N) is 1. The first-order valence-corrected chi connectivity index (χ1v) is 10.2. The van der Waals surface area contributed by atoms with Gasteiger partial charge in [0, 0.05) is 36.3 Å². The number of aromatic nitrogens is 5. The minimum Gasteiger partial charge on any atom is -0.349 e. The molecule has 1 aliphatic heterocycles. The van der Waals surface area contributed by atoms with E-state index in [0.717, 1.165) is 22.9 Å². The number of hydrogen-bond acceptors (Lipinski definition) is 6. The third kappa shape index (κ3) is 2.48. The lowest BCUT2D eigenvalue weighted by Crippen LogP contribution is -2.29. The number of fused-ring (bicyclic) bond motifs is 3. The Hall–Kier alpha value is -1.40.